The Morgan fingerprint density at radius 3 is 2.55 bits per heavy atom. The monoisotopic (exact) mass is 455 g/mol. The molecule has 7 heteroatoms. The standard InChI is InChI=1S/C24H22ClNO4S/c1-2-16-20(26-23(31-16)11-5-7-13(25)8-6-11)19-21(27)17-14-9-10-15(29-14)18(17)22(19)30-24(28)12-3-4-12/h5-8,12,14-15,17-18H,2-4,9-10H2,1H3/t14-,15+,17-,18+/m1/s1. The summed E-state index contributed by atoms with van der Waals surface area (Å²) in [5.74, 6) is -0.112. The van der Waals surface area contributed by atoms with Crippen LogP contribution in [0.5, 0.6) is 0 Å². The third-order valence-electron chi connectivity index (χ3n) is 6.84. The summed E-state index contributed by atoms with van der Waals surface area (Å²) in [5, 5.41) is 1.51. The molecule has 0 N–H and O–H groups in total. The number of aromatic nitrogens is 1. The average Bonchev–Trinajstić information content (AvgIpc) is 3.10. The van der Waals surface area contributed by atoms with Crippen molar-refractivity contribution in [2.24, 2.45) is 17.8 Å². The number of rotatable bonds is 5. The molecule has 4 aliphatic rings. The van der Waals surface area contributed by atoms with Gasteiger partial charge in [0.25, 0.3) is 0 Å². The largest absolute Gasteiger partial charge is 0.430 e. The molecule has 0 amide bonds. The van der Waals surface area contributed by atoms with Crippen molar-refractivity contribution in [3.8, 4) is 10.6 Å². The van der Waals surface area contributed by atoms with Gasteiger partial charge in [-0.3, -0.25) is 9.59 Å². The summed E-state index contributed by atoms with van der Waals surface area (Å²) >= 11 is 7.62. The molecule has 2 aliphatic heterocycles. The summed E-state index contributed by atoms with van der Waals surface area (Å²) in [6.45, 7) is 2.06. The molecule has 1 aromatic carbocycles. The molecule has 1 aromatic heterocycles. The number of nitrogens with zero attached hydrogens (tertiary/aromatic N) is 1. The maximum Gasteiger partial charge on any atom is 0.314 e. The van der Waals surface area contributed by atoms with Gasteiger partial charge in [0.05, 0.1) is 41.2 Å². The first-order valence-corrected chi connectivity index (χ1v) is 12.2. The van der Waals surface area contributed by atoms with Gasteiger partial charge in [-0.1, -0.05) is 30.7 Å². The number of allylic oxidation sites excluding steroid dienone is 1. The Hall–Kier alpha value is -2.02. The molecule has 2 aliphatic carbocycles. The van der Waals surface area contributed by atoms with E-state index in [9.17, 15) is 9.59 Å². The number of Topliss-reactive ketones (excluding diaryl/α,β-unsaturated/α-hetero) is 1. The molecule has 0 radical (unpaired) electrons. The molecule has 4 atom stereocenters. The SMILES string of the molecule is CCc1sc(-c2ccc(Cl)cc2)nc1C1=C(OC(=O)C2CC2)[C@@H]2[C@H](C1=O)[C@H]1CC[C@@H]2O1. The van der Waals surface area contributed by atoms with Gasteiger partial charge in [0.15, 0.2) is 5.78 Å². The molecule has 1 saturated carbocycles. The molecule has 2 saturated heterocycles. The average molecular weight is 456 g/mol. The third kappa shape index (κ3) is 3.11. The molecule has 2 bridgehead atoms. The third-order valence-corrected chi connectivity index (χ3v) is 8.34. The molecule has 31 heavy (non-hydrogen) atoms. The van der Waals surface area contributed by atoms with Crippen molar-refractivity contribution in [1.82, 2.24) is 4.98 Å². The van der Waals surface area contributed by atoms with E-state index in [1.54, 1.807) is 11.3 Å². The van der Waals surface area contributed by atoms with Crippen LogP contribution in [0, 0.1) is 17.8 Å². The van der Waals surface area contributed by atoms with Gasteiger partial charge in [0.1, 0.15) is 10.8 Å². The van der Waals surface area contributed by atoms with Crippen LogP contribution in [-0.2, 0) is 25.5 Å². The van der Waals surface area contributed by atoms with Crippen molar-refractivity contribution in [2.75, 3.05) is 0 Å². The van der Waals surface area contributed by atoms with Crippen LogP contribution in [-0.4, -0.2) is 28.9 Å². The van der Waals surface area contributed by atoms with Crippen LogP contribution in [0.1, 0.15) is 43.2 Å². The highest BCUT2D eigenvalue weighted by atomic mass is 35.5. The summed E-state index contributed by atoms with van der Waals surface area (Å²) in [5.41, 5.74) is 2.15. The fourth-order valence-corrected chi connectivity index (χ4v) is 6.30. The molecular weight excluding hydrogens is 434 g/mol. The predicted molar refractivity (Wildman–Crippen MR) is 118 cm³/mol. The topological polar surface area (TPSA) is 65.5 Å². The minimum absolute atomic E-state index is 0.0263. The van der Waals surface area contributed by atoms with E-state index in [-0.39, 0.29) is 41.7 Å². The lowest BCUT2D eigenvalue weighted by molar-refractivity contribution is -0.142. The number of ketones is 1. The lowest BCUT2D eigenvalue weighted by Gasteiger charge is -2.21. The number of fused-ring (bicyclic) bond motifs is 5. The summed E-state index contributed by atoms with van der Waals surface area (Å²) in [6, 6.07) is 7.55. The van der Waals surface area contributed by atoms with Crippen LogP contribution in [0.2, 0.25) is 5.02 Å². The zero-order valence-electron chi connectivity index (χ0n) is 17.1. The minimum Gasteiger partial charge on any atom is -0.430 e. The van der Waals surface area contributed by atoms with E-state index in [2.05, 4.69) is 6.92 Å². The smallest absolute Gasteiger partial charge is 0.314 e. The molecule has 3 fully saturated rings. The first-order valence-electron chi connectivity index (χ1n) is 11.0. The van der Waals surface area contributed by atoms with Gasteiger partial charge in [0, 0.05) is 15.5 Å². The fourth-order valence-electron chi connectivity index (χ4n) is 5.16. The van der Waals surface area contributed by atoms with Crippen LogP contribution in [0.15, 0.2) is 30.0 Å². The highest BCUT2D eigenvalue weighted by molar-refractivity contribution is 7.15. The van der Waals surface area contributed by atoms with E-state index in [0.29, 0.717) is 22.0 Å². The first kappa shape index (κ1) is 19.6. The zero-order chi connectivity index (χ0) is 21.3. The van der Waals surface area contributed by atoms with Gasteiger partial charge in [-0.2, -0.15) is 0 Å². The number of benzene rings is 1. The van der Waals surface area contributed by atoms with Crippen LogP contribution >= 0.6 is 22.9 Å². The van der Waals surface area contributed by atoms with E-state index in [4.69, 9.17) is 26.1 Å². The Balaban J connectivity index is 1.47. The van der Waals surface area contributed by atoms with Crippen LogP contribution in [0.4, 0.5) is 0 Å². The quantitative estimate of drug-likeness (QED) is 0.589. The van der Waals surface area contributed by atoms with E-state index in [1.165, 1.54) is 0 Å². The van der Waals surface area contributed by atoms with Crippen LogP contribution < -0.4 is 0 Å². The molecule has 0 spiro atoms. The van der Waals surface area contributed by atoms with E-state index in [1.807, 2.05) is 24.3 Å². The number of thiazole rings is 1. The Morgan fingerprint density at radius 1 is 1.16 bits per heavy atom. The van der Waals surface area contributed by atoms with Gasteiger partial charge in [-0.25, -0.2) is 4.98 Å². The number of carbonyl (C=O) groups excluding carboxylic acids is 2. The van der Waals surface area contributed by atoms with Crippen molar-refractivity contribution in [3.05, 3.63) is 45.6 Å². The van der Waals surface area contributed by atoms with Gasteiger partial charge < -0.3 is 9.47 Å². The van der Waals surface area contributed by atoms with Crippen molar-refractivity contribution in [3.63, 3.8) is 0 Å². The van der Waals surface area contributed by atoms with Crippen molar-refractivity contribution in [2.45, 2.75) is 51.2 Å². The zero-order valence-corrected chi connectivity index (χ0v) is 18.7. The Bertz CT molecular complexity index is 1120. The normalized spacial score (nSPS) is 29.0. The molecule has 6 rings (SSSR count). The van der Waals surface area contributed by atoms with Crippen molar-refractivity contribution in [1.29, 1.82) is 0 Å². The van der Waals surface area contributed by atoms with Crippen LogP contribution in [0.25, 0.3) is 16.1 Å². The second kappa shape index (κ2) is 7.26. The summed E-state index contributed by atoms with van der Waals surface area (Å²) < 4.78 is 12.0. The maximum atomic E-state index is 13.6. The van der Waals surface area contributed by atoms with Gasteiger partial charge >= 0.3 is 5.97 Å². The Labute approximate surface area is 189 Å². The molecule has 5 nitrogen and oxygen atoms in total. The molecule has 160 valence electrons. The number of hydrogen-bond donors (Lipinski definition) is 0. The van der Waals surface area contributed by atoms with Gasteiger partial charge in [0.2, 0.25) is 0 Å². The lowest BCUT2D eigenvalue weighted by Crippen LogP contribution is -2.30. The van der Waals surface area contributed by atoms with Gasteiger partial charge in [-0.05, 0) is 44.2 Å². The second-order valence-corrected chi connectivity index (χ2v) is 10.3. The molecular formula is C24H22ClNO4S. The van der Waals surface area contributed by atoms with Crippen molar-refractivity contribution < 1.29 is 19.1 Å². The molecule has 3 heterocycles. The number of halogens is 1. The van der Waals surface area contributed by atoms with E-state index >= 15 is 0 Å². The first-order chi connectivity index (χ1) is 15.0. The molecule has 2 aromatic rings. The lowest BCUT2D eigenvalue weighted by atomic mass is 9.80. The van der Waals surface area contributed by atoms with Crippen LogP contribution in [0.3, 0.4) is 0 Å². The number of esters is 1. The second-order valence-electron chi connectivity index (χ2n) is 8.79. The fraction of sp³-hybridized carbons (Fsp3) is 0.458. The minimum atomic E-state index is -0.249. The van der Waals surface area contributed by atoms with E-state index < -0.39 is 0 Å². The highest BCUT2D eigenvalue weighted by Gasteiger charge is 2.60. The number of carbonyl (C=O) groups is 2. The van der Waals surface area contributed by atoms with E-state index in [0.717, 1.165) is 47.6 Å². The summed E-state index contributed by atoms with van der Waals surface area (Å²) in [7, 11) is 0. The number of ether oxygens (including phenoxy) is 2. The summed E-state index contributed by atoms with van der Waals surface area (Å²) in [4.78, 5) is 32.2. The number of hydrogen-bond acceptors (Lipinski definition) is 6. The Kier molecular flexibility index (Phi) is 4.60. The van der Waals surface area contributed by atoms with Gasteiger partial charge in [-0.15, -0.1) is 11.3 Å². The van der Waals surface area contributed by atoms with Crippen molar-refractivity contribution >= 4 is 40.3 Å². The highest BCUT2D eigenvalue weighted by Crippen LogP contribution is 2.55. The Morgan fingerprint density at radius 2 is 1.87 bits per heavy atom. The molecule has 0 unspecified atom stereocenters. The summed E-state index contributed by atoms with van der Waals surface area (Å²) in [6.07, 6.45) is 4.16. The maximum absolute atomic E-state index is 13.6. The predicted octanol–water partition coefficient (Wildman–Crippen LogP) is 5.07. The number of aryl methyl sites for hydroxylation is 1.